The van der Waals surface area contributed by atoms with E-state index in [9.17, 15) is 0 Å². The third-order valence-electron chi connectivity index (χ3n) is 6.01. The average Bonchev–Trinajstić information content (AvgIpc) is 3.59. The van der Waals surface area contributed by atoms with Crippen LogP contribution in [-0.4, -0.2) is 86.5 Å². The van der Waals surface area contributed by atoms with Crippen molar-refractivity contribution in [1.29, 1.82) is 0 Å². The first-order valence-corrected chi connectivity index (χ1v) is 10.8. The highest BCUT2D eigenvalue weighted by Gasteiger charge is 2.34. The molecule has 2 heterocycles. The molecule has 27 heavy (non-hydrogen) atoms. The first-order chi connectivity index (χ1) is 12.8. The molecule has 0 bridgehead atoms. The number of hydrogen-bond donors (Lipinski definition) is 1. The van der Waals surface area contributed by atoms with Crippen LogP contribution in [0.1, 0.15) is 45.4 Å². The first kappa shape index (κ1) is 21.6. The minimum absolute atomic E-state index is 0. The Hall–Kier alpha value is -0.120. The van der Waals surface area contributed by atoms with E-state index < -0.39 is 0 Å². The Kier molecular flexibility index (Phi) is 8.47. The average molecular weight is 492 g/mol. The van der Waals surface area contributed by atoms with Gasteiger partial charge in [0.2, 0.25) is 0 Å². The molecule has 2 atom stereocenters. The smallest absolute Gasteiger partial charge is 0.194 e. The lowest BCUT2D eigenvalue weighted by molar-refractivity contribution is -0.0817. The maximum absolute atomic E-state index is 6.00. The van der Waals surface area contributed by atoms with Crippen LogP contribution in [0.3, 0.4) is 0 Å². The molecule has 4 fully saturated rings. The van der Waals surface area contributed by atoms with Gasteiger partial charge in [-0.05, 0) is 51.4 Å². The Bertz CT molecular complexity index is 479. The van der Waals surface area contributed by atoms with Crippen LogP contribution in [0.25, 0.3) is 0 Å². The van der Waals surface area contributed by atoms with Crippen molar-refractivity contribution < 1.29 is 9.47 Å². The van der Waals surface area contributed by atoms with Gasteiger partial charge in [-0.25, -0.2) is 0 Å². The number of hydrogen-bond acceptors (Lipinski definition) is 4. The summed E-state index contributed by atoms with van der Waals surface area (Å²) in [4.78, 5) is 10.0. The van der Waals surface area contributed by atoms with Crippen molar-refractivity contribution in [3.05, 3.63) is 0 Å². The predicted octanol–water partition coefficient (Wildman–Crippen LogP) is 2.32. The maximum atomic E-state index is 6.00. The van der Waals surface area contributed by atoms with Crippen LogP contribution in [-0.2, 0) is 9.47 Å². The quantitative estimate of drug-likeness (QED) is 0.320. The number of rotatable bonds is 8. The largest absolute Gasteiger partial charge is 0.375 e. The summed E-state index contributed by atoms with van der Waals surface area (Å²) in [6, 6.07) is 0.848. The van der Waals surface area contributed by atoms with Crippen LogP contribution in [0, 0.1) is 5.92 Å². The highest BCUT2D eigenvalue weighted by atomic mass is 127. The van der Waals surface area contributed by atoms with Gasteiger partial charge in [-0.15, -0.1) is 24.0 Å². The van der Waals surface area contributed by atoms with Crippen LogP contribution in [0.5, 0.6) is 0 Å². The van der Waals surface area contributed by atoms with E-state index in [1.54, 1.807) is 0 Å². The summed E-state index contributed by atoms with van der Waals surface area (Å²) in [7, 11) is 0. The number of nitrogens with zero attached hydrogens (tertiary/aromatic N) is 3. The molecule has 0 aromatic heterocycles. The molecule has 2 saturated carbocycles. The molecule has 2 saturated heterocycles. The normalized spacial score (nSPS) is 29.1. The second-order valence-corrected chi connectivity index (χ2v) is 8.31. The van der Waals surface area contributed by atoms with E-state index in [1.165, 1.54) is 32.2 Å². The SMILES string of the molecule is CCNC(=NCCN(CC1CC1)C1CC1)N1CCOC(C2CCCO2)C1.I. The van der Waals surface area contributed by atoms with Crippen molar-refractivity contribution in [2.45, 2.75) is 63.7 Å². The lowest BCUT2D eigenvalue weighted by Gasteiger charge is -2.37. The van der Waals surface area contributed by atoms with Gasteiger partial charge in [0.1, 0.15) is 6.10 Å². The number of guanidine groups is 1. The first-order valence-electron chi connectivity index (χ1n) is 10.8. The molecule has 2 aliphatic heterocycles. The molecular weight excluding hydrogens is 455 g/mol. The second kappa shape index (κ2) is 10.6. The van der Waals surface area contributed by atoms with Gasteiger partial charge in [-0.3, -0.25) is 9.89 Å². The number of morpholine rings is 1. The fourth-order valence-electron chi connectivity index (χ4n) is 4.19. The molecule has 2 unspecified atom stereocenters. The topological polar surface area (TPSA) is 49.3 Å². The number of halogens is 1. The van der Waals surface area contributed by atoms with Crippen LogP contribution in [0.15, 0.2) is 4.99 Å². The van der Waals surface area contributed by atoms with E-state index >= 15 is 0 Å². The van der Waals surface area contributed by atoms with E-state index in [-0.39, 0.29) is 36.2 Å². The zero-order valence-electron chi connectivity index (χ0n) is 16.8. The number of ether oxygens (including phenoxy) is 2. The molecule has 0 spiro atoms. The predicted molar refractivity (Wildman–Crippen MR) is 119 cm³/mol. The van der Waals surface area contributed by atoms with Gasteiger partial charge >= 0.3 is 0 Å². The fourth-order valence-corrected chi connectivity index (χ4v) is 4.19. The molecule has 7 heteroatoms. The lowest BCUT2D eigenvalue weighted by atomic mass is 10.1. The number of aliphatic imine (C=N–C) groups is 1. The highest BCUT2D eigenvalue weighted by Crippen LogP contribution is 2.34. The molecule has 6 nitrogen and oxygen atoms in total. The maximum Gasteiger partial charge on any atom is 0.194 e. The zero-order chi connectivity index (χ0) is 17.8. The fraction of sp³-hybridized carbons (Fsp3) is 0.950. The van der Waals surface area contributed by atoms with E-state index in [4.69, 9.17) is 14.5 Å². The second-order valence-electron chi connectivity index (χ2n) is 8.31. The molecule has 0 aromatic rings. The van der Waals surface area contributed by atoms with Gasteiger partial charge in [0.25, 0.3) is 0 Å². The van der Waals surface area contributed by atoms with Gasteiger partial charge < -0.3 is 19.7 Å². The summed E-state index contributed by atoms with van der Waals surface area (Å²) in [5.74, 6) is 2.03. The van der Waals surface area contributed by atoms with Gasteiger partial charge in [0.05, 0.1) is 19.3 Å². The molecule has 1 N–H and O–H groups in total. The van der Waals surface area contributed by atoms with Crippen LogP contribution in [0.2, 0.25) is 0 Å². The molecule has 0 amide bonds. The summed E-state index contributed by atoms with van der Waals surface area (Å²) in [5, 5.41) is 3.50. The molecule has 0 aromatic carbocycles. The van der Waals surface area contributed by atoms with Crippen LogP contribution in [0.4, 0.5) is 0 Å². The van der Waals surface area contributed by atoms with Crippen molar-refractivity contribution in [3.8, 4) is 0 Å². The van der Waals surface area contributed by atoms with Gasteiger partial charge in [-0.1, -0.05) is 0 Å². The summed E-state index contributed by atoms with van der Waals surface area (Å²) < 4.78 is 11.8. The molecule has 2 aliphatic carbocycles. The molecular formula is C20H37IN4O2. The third-order valence-corrected chi connectivity index (χ3v) is 6.01. The van der Waals surface area contributed by atoms with Gasteiger partial charge in [0.15, 0.2) is 5.96 Å². The minimum Gasteiger partial charge on any atom is -0.375 e. The molecule has 0 radical (unpaired) electrons. The summed E-state index contributed by atoms with van der Waals surface area (Å²) >= 11 is 0. The molecule has 156 valence electrons. The van der Waals surface area contributed by atoms with E-state index in [2.05, 4.69) is 22.0 Å². The minimum atomic E-state index is 0. The Morgan fingerprint density at radius 2 is 1.93 bits per heavy atom. The van der Waals surface area contributed by atoms with Crippen molar-refractivity contribution >= 4 is 29.9 Å². The van der Waals surface area contributed by atoms with E-state index in [0.29, 0.717) is 0 Å². The summed E-state index contributed by atoms with van der Waals surface area (Å²) in [6.07, 6.45) is 8.41. The Morgan fingerprint density at radius 3 is 2.59 bits per heavy atom. The Labute approximate surface area is 181 Å². The molecule has 4 aliphatic rings. The molecule has 4 rings (SSSR count). The standard InChI is InChI=1S/C20H36N4O2.HI/c1-2-21-20(22-9-10-23(17-7-8-17)14-16-5-6-16)24-11-13-26-19(15-24)18-4-3-12-25-18;/h16-19H,2-15H2,1H3,(H,21,22);1H. The summed E-state index contributed by atoms with van der Waals surface area (Å²) in [6.45, 7) is 9.83. The number of nitrogens with one attached hydrogen (secondary N) is 1. The van der Waals surface area contributed by atoms with Crippen LogP contribution < -0.4 is 5.32 Å². The van der Waals surface area contributed by atoms with Crippen molar-refractivity contribution in [2.75, 3.05) is 52.5 Å². The lowest BCUT2D eigenvalue weighted by Crippen LogP contribution is -2.53. The van der Waals surface area contributed by atoms with Gasteiger partial charge in [-0.2, -0.15) is 0 Å². The van der Waals surface area contributed by atoms with E-state index in [0.717, 1.165) is 76.7 Å². The van der Waals surface area contributed by atoms with E-state index in [1.807, 2.05) is 0 Å². The summed E-state index contributed by atoms with van der Waals surface area (Å²) in [5.41, 5.74) is 0. The van der Waals surface area contributed by atoms with Crippen LogP contribution >= 0.6 is 24.0 Å². The highest BCUT2D eigenvalue weighted by molar-refractivity contribution is 14.0. The van der Waals surface area contributed by atoms with Crippen molar-refractivity contribution in [2.24, 2.45) is 10.9 Å². The monoisotopic (exact) mass is 492 g/mol. The zero-order valence-corrected chi connectivity index (χ0v) is 19.1. The third kappa shape index (κ3) is 6.44. The Morgan fingerprint density at radius 1 is 1.11 bits per heavy atom. The van der Waals surface area contributed by atoms with Gasteiger partial charge in [0, 0.05) is 45.4 Å². The van der Waals surface area contributed by atoms with Crippen molar-refractivity contribution in [3.63, 3.8) is 0 Å². The van der Waals surface area contributed by atoms with Crippen molar-refractivity contribution in [1.82, 2.24) is 15.1 Å². The Balaban J connectivity index is 0.00000210.